The molecule has 1 N–H and O–H groups in total. The van der Waals surface area contributed by atoms with E-state index in [0.29, 0.717) is 63.4 Å². The molecule has 1 aromatic heterocycles. The second kappa shape index (κ2) is 16.2. The maximum atomic E-state index is 13.9. The number of nitrogens with zero attached hydrogens (tertiary/aromatic N) is 4. The number of methoxy groups -OCH3 is 2. The van der Waals surface area contributed by atoms with Crippen LogP contribution in [0.25, 0.3) is 0 Å². The number of amides is 1. The quantitative estimate of drug-likeness (QED) is 0.302. The van der Waals surface area contributed by atoms with Crippen molar-refractivity contribution in [3.8, 4) is 0 Å². The molecule has 262 valence electrons. The SMILES string of the molecule is COC(=O)C1=C(CC(=O)N2CCN(CC(C)(C)CNS(C)(=O)=O)CC2)N=C(CCc2nccs2)C(C(=O)OC)C1c1c(Cl)cccc1Cl. The first-order valence-electron chi connectivity index (χ1n) is 15.4. The van der Waals surface area contributed by atoms with Gasteiger partial charge in [-0.2, -0.15) is 0 Å². The minimum atomic E-state index is -3.31. The van der Waals surface area contributed by atoms with E-state index in [2.05, 4.69) is 14.6 Å². The molecule has 2 aliphatic rings. The molecular weight excluding hydrogens is 701 g/mol. The van der Waals surface area contributed by atoms with Gasteiger partial charge in [-0.3, -0.25) is 19.5 Å². The van der Waals surface area contributed by atoms with Crippen molar-refractivity contribution in [3.63, 3.8) is 0 Å². The molecule has 1 saturated heterocycles. The van der Waals surface area contributed by atoms with E-state index in [-0.39, 0.29) is 39.1 Å². The molecule has 12 nitrogen and oxygen atoms in total. The summed E-state index contributed by atoms with van der Waals surface area (Å²) in [7, 11) is -0.830. The van der Waals surface area contributed by atoms with Gasteiger partial charge in [-0.25, -0.2) is 22.9 Å². The van der Waals surface area contributed by atoms with Gasteiger partial charge in [0, 0.05) is 78.9 Å². The number of nitrogens with one attached hydrogen (secondary N) is 1. The topological polar surface area (TPSA) is 148 Å². The van der Waals surface area contributed by atoms with E-state index in [9.17, 15) is 22.8 Å². The third-order valence-corrected chi connectivity index (χ3v) is 10.5. The van der Waals surface area contributed by atoms with E-state index in [1.165, 1.54) is 25.6 Å². The van der Waals surface area contributed by atoms with Gasteiger partial charge in [0.05, 0.1) is 43.2 Å². The van der Waals surface area contributed by atoms with Gasteiger partial charge in [-0.1, -0.05) is 43.1 Å². The van der Waals surface area contributed by atoms with Crippen LogP contribution in [0.2, 0.25) is 10.0 Å². The van der Waals surface area contributed by atoms with Crippen molar-refractivity contribution in [2.24, 2.45) is 16.3 Å². The van der Waals surface area contributed by atoms with Crippen molar-refractivity contribution in [1.29, 1.82) is 0 Å². The van der Waals surface area contributed by atoms with Crippen LogP contribution in [0.3, 0.4) is 0 Å². The third-order valence-electron chi connectivity index (χ3n) is 8.35. The lowest BCUT2D eigenvalue weighted by molar-refractivity contribution is -0.143. The molecule has 1 fully saturated rings. The number of hydrogen-bond donors (Lipinski definition) is 1. The molecule has 1 amide bonds. The first-order valence-corrected chi connectivity index (χ1v) is 18.9. The molecule has 16 heteroatoms. The number of sulfonamides is 1. The molecule has 1 aromatic carbocycles. The number of hydrogen-bond acceptors (Lipinski definition) is 11. The number of benzene rings is 1. The standard InChI is InChI=1S/C32H41Cl2N5O7S2/c1-32(2,18-36-48(5,43)44)19-38-12-14-39(15-13-38)25(40)17-23-28(31(42)46-4)29(26-20(33)7-6-8-21(26)34)27(30(41)45-3)22(37-23)9-10-24-35-11-16-47-24/h6-8,11,16,27,29,36H,9-10,12-15,17-19H2,1-5H3. The number of ether oxygens (including phenoxy) is 2. The van der Waals surface area contributed by atoms with Gasteiger partial charge in [0.25, 0.3) is 0 Å². The van der Waals surface area contributed by atoms with E-state index < -0.39 is 33.8 Å². The highest BCUT2D eigenvalue weighted by Gasteiger charge is 2.46. The normalized spacial score (nSPS) is 19.2. The molecule has 0 spiro atoms. The van der Waals surface area contributed by atoms with Crippen LogP contribution < -0.4 is 4.72 Å². The van der Waals surface area contributed by atoms with Gasteiger partial charge in [0.15, 0.2) is 0 Å². The van der Waals surface area contributed by atoms with Crippen LogP contribution in [-0.2, 0) is 40.3 Å². The summed E-state index contributed by atoms with van der Waals surface area (Å²) < 4.78 is 36.2. The molecular formula is C32H41Cl2N5O7S2. The average Bonchev–Trinajstić information content (AvgIpc) is 3.56. The number of aromatic nitrogens is 1. The Bertz CT molecular complexity index is 1650. The molecule has 2 unspecified atom stereocenters. The molecule has 2 aliphatic heterocycles. The number of rotatable bonds is 13. The lowest BCUT2D eigenvalue weighted by Gasteiger charge is -2.39. The molecule has 48 heavy (non-hydrogen) atoms. The Hall–Kier alpha value is -2.88. The van der Waals surface area contributed by atoms with Crippen molar-refractivity contribution < 1.29 is 32.3 Å². The third kappa shape index (κ3) is 9.63. The van der Waals surface area contributed by atoms with Crippen molar-refractivity contribution in [2.45, 2.75) is 39.0 Å². The summed E-state index contributed by atoms with van der Waals surface area (Å²) in [5, 5.41) is 3.16. The minimum absolute atomic E-state index is 0.0213. The molecule has 2 atom stereocenters. The Morgan fingerprint density at radius 3 is 2.29 bits per heavy atom. The summed E-state index contributed by atoms with van der Waals surface area (Å²) in [6.07, 6.45) is 3.39. The first-order chi connectivity index (χ1) is 22.6. The maximum absolute atomic E-state index is 13.9. The zero-order chi connectivity index (χ0) is 35.2. The monoisotopic (exact) mass is 741 g/mol. The lowest BCUT2D eigenvalue weighted by Crippen LogP contribution is -2.52. The zero-order valence-corrected chi connectivity index (χ0v) is 30.8. The highest BCUT2D eigenvalue weighted by molar-refractivity contribution is 7.88. The van der Waals surface area contributed by atoms with Crippen LogP contribution in [0.4, 0.5) is 0 Å². The van der Waals surface area contributed by atoms with Crippen LogP contribution >= 0.6 is 34.5 Å². The lowest BCUT2D eigenvalue weighted by atomic mass is 9.74. The van der Waals surface area contributed by atoms with Gasteiger partial charge in [0.2, 0.25) is 15.9 Å². The number of aliphatic imine (C=N–C) groups is 1. The molecule has 0 radical (unpaired) electrons. The summed E-state index contributed by atoms with van der Waals surface area (Å²) in [5.74, 6) is -3.73. The Labute approximate surface area is 295 Å². The second-order valence-corrected chi connectivity index (χ2v) is 16.2. The van der Waals surface area contributed by atoms with Crippen LogP contribution in [0.15, 0.2) is 46.0 Å². The summed E-state index contributed by atoms with van der Waals surface area (Å²) in [4.78, 5) is 54.0. The van der Waals surface area contributed by atoms with Gasteiger partial charge in [-0.05, 0) is 29.5 Å². The molecule has 0 bridgehead atoms. The largest absolute Gasteiger partial charge is 0.468 e. The summed E-state index contributed by atoms with van der Waals surface area (Å²) in [6, 6.07) is 4.90. The summed E-state index contributed by atoms with van der Waals surface area (Å²) in [6.45, 7) is 6.93. The number of carbonyl (C=O) groups is 3. The second-order valence-electron chi connectivity index (χ2n) is 12.6. The first kappa shape index (κ1) is 37.9. The van der Waals surface area contributed by atoms with Crippen LogP contribution in [0.5, 0.6) is 0 Å². The summed E-state index contributed by atoms with van der Waals surface area (Å²) in [5.41, 5.74) is 0.630. The molecule has 0 aliphatic carbocycles. The van der Waals surface area contributed by atoms with E-state index in [4.69, 9.17) is 37.7 Å². The van der Waals surface area contributed by atoms with Crippen molar-refractivity contribution in [2.75, 3.05) is 59.7 Å². The number of esters is 2. The van der Waals surface area contributed by atoms with Gasteiger partial charge < -0.3 is 14.4 Å². The Balaban J connectivity index is 1.66. The van der Waals surface area contributed by atoms with Crippen LogP contribution in [0, 0.1) is 11.3 Å². The molecule has 2 aromatic rings. The van der Waals surface area contributed by atoms with Crippen LogP contribution in [0.1, 0.15) is 43.2 Å². The fourth-order valence-electron chi connectivity index (χ4n) is 6.07. The van der Waals surface area contributed by atoms with Crippen molar-refractivity contribution >= 4 is 68.1 Å². The van der Waals surface area contributed by atoms with Gasteiger partial charge in [0.1, 0.15) is 5.92 Å². The van der Waals surface area contributed by atoms with Crippen molar-refractivity contribution in [1.82, 2.24) is 19.5 Å². The Morgan fingerprint density at radius 2 is 1.73 bits per heavy atom. The van der Waals surface area contributed by atoms with E-state index in [1.807, 2.05) is 19.2 Å². The van der Waals surface area contributed by atoms with E-state index in [0.717, 1.165) is 11.3 Å². The fraction of sp³-hybridized carbons (Fsp3) is 0.531. The van der Waals surface area contributed by atoms with Crippen LogP contribution in [-0.4, -0.2) is 107 Å². The van der Waals surface area contributed by atoms with Gasteiger partial charge in [-0.15, -0.1) is 11.3 Å². The number of aryl methyl sites for hydroxylation is 1. The van der Waals surface area contributed by atoms with Crippen molar-refractivity contribution in [3.05, 3.63) is 61.7 Å². The minimum Gasteiger partial charge on any atom is -0.468 e. The average molecular weight is 743 g/mol. The number of piperazine rings is 1. The smallest absolute Gasteiger partial charge is 0.336 e. The Kier molecular flexibility index (Phi) is 12.8. The summed E-state index contributed by atoms with van der Waals surface area (Å²) >= 11 is 14.9. The van der Waals surface area contributed by atoms with Gasteiger partial charge >= 0.3 is 11.9 Å². The predicted molar refractivity (Wildman–Crippen MR) is 186 cm³/mol. The molecule has 4 rings (SSSR count). The van der Waals surface area contributed by atoms with E-state index in [1.54, 1.807) is 29.3 Å². The highest BCUT2D eigenvalue weighted by Crippen LogP contribution is 2.46. The number of halogens is 2. The Morgan fingerprint density at radius 1 is 1.06 bits per heavy atom. The predicted octanol–water partition coefficient (Wildman–Crippen LogP) is 3.95. The molecule has 3 heterocycles. The number of thiazole rings is 1. The molecule has 0 saturated carbocycles. The maximum Gasteiger partial charge on any atom is 0.336 e. The highest BCUT2D eigenvalue weighted by atomic mass is 35.5. The fourth-order valence-corrected chi connectivity index (χ4v) is 7.98. The zero-order valence-electron chi connectivity index (χ0n) is 27.6. The number of carbonyl (C=O) groups excluding carboxylic acids is 3. The van der Waals surface area contributed by atoms with E-state index >= 15 is 0 Å².